The lowest BCUT2D eigenvalue weighted by Crippen LogP contribution is -2.33. The van der Waals surface area contributed by atoms with Crippen LogP contribution in [0.1, 0.15) is 56.7 Å². The lowest BCUT2D eigenvalue weighted by molar-refractivity contribution is 0.277. The summed E-state index contributed by atoms with van der Waals surface area (Å²) >= 11 is 0. The summed E-state index contributed by atoms with van der Waals surface area (Å²) in [6.07, 6.45) is 9.45. The van der Waals surface area contributed by atoms with Gasteiger partial charge in [-0.25, -0.2) is 0 Å². The van der Waals surface area contributed by atoms with Crippen molar-refractivity contribution in [1.82, 2.24) is 10.3 Å². The van der Waals surface area contributed by atoms with Gasteiger partial charge in [0.1, 0.15) is 5.69 Å². The number of hydrogen-bond acceptors (Lipinski definition) is 4. The average Bonchev–Trinajstić information content (AvgIpc) is 2.54. The lowest BCUT2D eigenvalue weighted by Gasteiger charge is -2.29. The molecule has 116 valence electrons. The van der Waals surface area contributed by atoms with Crippen molar-refractivity contribution in [3.63, 3.8) is 0 Å². The van der Waals surface area contributed by atoms with Gasteiger partial charge < -0.3 is 16.3 Å². The number of oxime groups is 1. The number of rotatable bonds is 6. The highest BCUT2D eigenvalue weighted by atomic mass is 16.4. The highest BCUT2D eigenvalue weighted by molar-refractivity contribution is 5.96. The molecule has 5 heteroatoms. The first-order valence-electron chi connectivity index (χ1n) is 7.89. The number of nitrogens with one attached hydrogen (secondary N) is 1. The van der Waals surface area contributed by atoms with Crippen LogP contribution >= 0.6 is 0 Å². The first-order chi connectivity index (χ1) is 10.2. The Morgan fingerprint density at radius 1 is 1.43 bits per heavy atom. The highest BCUT2D eigenvalue weighted by Crippen LogP contribution is 2.27. The van der Waals surface area contributed by atoms with Crippen molar-refractivity contribution >= 4 is 5.84 Å². The van der Waals surface area contributed by atoms with Crippen LogP contribution in [0, 0.1) is 5.92 Å². The molecule has 1 heterocycles. The van der Waals surface area contributed by atoms with Crippen molar-refractivity contribution in [3.05, 3.63) is 29.6 Å². The summed E-state index contributed by atoms with van der Waals surface area (Å²) in [6, 6.07) is 4.41. The molecule has 1 aromatic rings. The molecule has 0 aliphatic heterocycles. The van der Waals surface area contributed by atoms with Gasteiger partial charge in [-0.05, 0) is 43.2 Å². The third-order valence-corrected chi connectivity index (χ3v) is 4.37. The van der Waals surface area contributed by atoms with Crippen molar-refractivity contribution in [1.29, 1.82) is 0 Å². The van der Waals surface area contributed by atoms with Crippen LogP contribution in [0.5, 0.6) is 0 Å². The minimum absolute atomic E-state index is 0.0686. The predicted molar refractivity (Wildman–Crippen MR) is 84.2 cm³/mol. The van der Waals surface area contributed by atoms with E-state index in [0.717, 1.165) is 11.5 Å². The van der Waals surface area contributed by atoms with Crippen LogP contribution in [0.4, 0.5) is 0 Å². The molecule has 4 N–H and O–H groups in total. The Balaban J connectivity index is 1.87. The molecule has 21 heavy (non-hydrogen) atoms. The fourth-order valence-corrected chi connectivity index (χ4v) is 3.18. The molecule has 1 aliphatic carbocycles. The maximum Gasteiger partial charge on any atom is 0.189 e. The number of pyridine rings is 1. The van der Waals surface area contributed by atoms with Crippen molar-refractivity contribution in [3.8, 4) is 0 Å². The Labute approximate surface area is 126 Å². The van der Waals surface area contributed by atoms with E-state index in [1.807, 2.05) is 12.1 Å². The molecule has 0 atom stereocenters. The summed E-state index contributed by atoms with van der Waals surface area (Å²) in [7, 11) is 0. The van der Waals surface area contributed by atoms with Gasteiger partial charge in [-0.15, -0.1) is 0 Å². The summed E-state index contributed by atoms with van der Waals surface area (Å²) in [4.78, 5) is 4.19. The molecule has 1 aromatic heterocycles. The third-order valence-electron chi connectivity index (χ3n) is 4.37. The van der Waals surface area contributed by atoms with E-state index in [4.69, 9.17) is 10.9 Å². The van der Waals surface area contributed by atoms with Gasteiger partial charge in [-0.2, -0.15) is 0 Å². The van der Waals surface area contributed by atoms with E-state index in [1.54, 1.807) is 6.20 Å². The zero-order chi connectivity index (χ0) is 15.1. The van der Waals surface area contributed by atoms with E-state index in [1.165, 1.54) is 38.5 Å². The van der Waals surface area contributed by atoms with Crippen molar-refractivity contribution in [2.45, 2.75) is 58.0 Å². The largest absolute Gasteiger partial charge is 0.409 e. The predicted octanol–water partition coefficient (Wildman–Crippen LogP) is 2.62. The fraction of sp³-hybridized carbons (Fsp3) is 0.625. The Kier molecular flexibility index (Phi) is 5.99. The smallest absolute Gasteiger partial charge is 0.189 e. The monoisotopic (exact) mass is 290 g/mol. The van der Waals surface area contributed by atoms with Crippen LogP contribution in [0.3, 0.4) is 0 Å². The molecule has 2 rings (SSSR count). The first kappa shape index (κ1) is 15.8. The molecule has 0 aromatic carbocycles. The lowest BCUT2D eigenvalue weighted by atomic mass is 9.83. The van der Waals surface area contributed by atoms with Gasteiger partial charge in [0.05, 0.1) is 0 Å². The van der Waals surface area contributed by atoms with Gasteiger partial charge in [-0.1, -0.05) is 31.0 Å². The topological polar surface area (TPSA) is 83.5 Å². The molecule has 5 nitrogen and oxygen atoms in total. The normalized spacial score (nSPS) is 23.2. The molecular weight excluding hydrogens is 264 g/mol. The molecule has 0 saturated heterocycles. The molecule has 1 saturated carbocycles. The minimum Gasteiger partial charge on any atom is -0.409 e. The summed E-state index contributed by atoms with van der Waals surface area (Å²) in [6.45, 7) is 2.98. The van der Waals surface area contributed by atoms with Gasteiger partial charge in [0.25, 0.3) is 0 Å². The summed E-state index contributed by atoms with van der Waals surface area (Å²) in [5, 5.41) is 15.4. The maximum absolute atomic E-state index is 8.81. The molecule has 0 radical (unpaired) electrons. The molecular formula is C16H26N4O. The Morgan fingerprint density at radius 2 is 2.19 bits per heavy atom. The number of nitrogens with two attached hydrogens (primary N) is 1. The van der Waals surface area contributed by atoms with E-state index < -0.39 is 0 Å². The molecule has 0 spiro atoms. The standard InChI is InChI=1S/C16H26N4O/c1-2-4-12-6-8-14(9-7-12)19-11-13-5-3-10-18-15(13)16(17)20-21/h3,5,10,12,14,19,21H,2,4,6-9,11H2,1H3,(H2,17,20). The quantitative estimate of drug-likeness (QED) is 0.325. The van der Waals surface area contributed by atoms with Gasteiger partial charge in [0, 0.05) is 18.8 Å². The van der Waals surface area contributed by atoms with Gasteiger partial charge >= 0.3 is 0 Å². The van der Waals surface area contributed by atoms with Gasteiger partial charge in [-0.3, -0.25) is 4.98 Å². The summed E-state index contributed by atoms with van der Waals surface area (Å²) in [5.41, 5.74) is 7.20. The van der Waals surface area contributed by atoms with Crippen molar-refractivity contribution < 1.29 is 5.21 Å². The summed E-state index contributed by atoms with van der Waals surface area (Å²) in [5.74, 6) is 0.984. The second kappa shape index (κ2) is 7.98. The van der Waals surface area contributed by atoms with E-state index in [9.17, 15) is 0 Å². The van der Waals surface area contributed by atoms with E-state index in [2.05, 4.69) is 22.4 Å². The SMILES string of the molecule is CCCC1CCC(NCc2cccnc2C(N)=NO)CC1. The first-order valence-corrected chi connectivity index (χ1v) is 7.89. The van der Waals surface area contributed by atoms with Crippen LogP contribution in [0.15, 0.2) is 23.5 Å². The molecule has 1 fully saturated rings. The van der Waals surface area contributed by atoms with Crippen LogP contribution in [-0.2, 0) is 6.54 Å². The maximum atomic E-state index is 8.81. The minimum atomic E-state index is 0.0686. The third kappa shape index (κ3) is 4.43. The average molecular weight is 290 g/mol. The highest BCUT2D eigenvalue weighted by Gasteiger charge is 2.20. The van der Waals surface area contributed by atoms with Gasteiger partial charge in [0.15, 0.2) is 5.84 Å². The van der Waals surface area contributed by atoms with Gasteiger partial charge in [0.2, 0.25) is 0 Å². The van der Waals surface area contributed by atoms with Crippen LogP contribution < -0.4 is 11.1 Å². The number of hydrogen-bond donors (Lipinski definition) is 3. The van der Waals surface area contributed by atoms with E-state index in [-0.39, 0.29) is 5.84 Å². The molecule has 1 aliphatic rings. The van der Waals surface area contributed by atoms with Crippen molar-refractivity contribution in [2.75, 3.05) is 0 Å². The van der Waals surface area contributed by atoms with Crippen LogP contribution in [0.25, 0.3) is 0 Å². The van der Waals surface area contributed by atoms with Crippen LogP contribution in [0.2, 0.25) is 0 Å². The van der Waals surface area contributed by atoms with E-state index in [0.29, 0.717) is 18.3 Å². The molecule has 0 amide bonds. The number of nitrogens with zero attached hydrogens (tertiary/aromatic N) is 2. The molecule has 0 bridgehead atoms. The zero-order valence-electron chi connectivity index (χ0n) is 12.8. The Bertz CT molecular complexity index is 467. The Hall–Kier alpha value is -1.62. The Morgan fingerprint density at radius 3 is 2.86 bits per heavy atom. The van der Waals surface area contributed by atoms with E-state index >= 15 is 0 Å². The summed E-state index contributed by atoms with van der Waals surface area (Å²) < 4.78 is 0. The number of aromatic nitrogens is 1. The molecule has 0 unspecified atom stereocenters. The fourth-order valence-electron chi connectivity index (χ4n) is 3.18. The second-order valence-electron chi connectivity index (χ2n) is 5.88. The van der Waals surface area contributed by atoms with Crippen molar-refractivity contribution in [2.24, 2.45) is 16.8 Å². The second-order valence-corrected chi connectivity index (χ2v) is 5.88. The number of amidine groups is 1. The zero-order valence-corrected chi connectivity index (χ0v) is 12.8. The van der Waals surface area contributed by atoms with Crippen LogP contribution in [-0.4, -0.2) is 22.1 Å².